The summed E-state index contributed by atoms with van der Waals surface area (Å²) >= 11 is 0. The molecular formula is C6H9N3O4. The van der Waals surface area contributed by atoms with E-state index in [1.807, 2.05) is 0 Å². The molecule has 3 N–H and O–H groups in total. The molecule has 1 heterocycles. The summed E-state index contributed by atoms with van der Waals surface area (Å²) in [5, 5.41) is 39.2. The molecule has 0 aromatic carbocycles. The molecule has 1 fully saturated rings. The zero-order valence-corrected chi connectivity index (χ0v) is 6.61. The van der Waals surface area contributed by atoms with Gasteiger partial charge < -0.3 is 15.3 Å². The van der Waals surface area contributed by atoms with Gasteiger partial charge in [0.2, 0.25) is 0 Å². The summed E-state index contributed by atoms with van der Waals surface area (Å²) < 4.78 is 0. The normalized spacial score (nSPS) is 39.7. The third-order valence-corrected chi connectivity index (χ3v) is 2.00. The molecule has 0 amide bonds. The van der Waals surface area contributed by atoms with Crippen molar-refractivity contribution in [3.63, 3.8) is 0 Å². The lowest BCUT2D eigenvalue weighted by atomic mass is 9.96. The second kappa shape index (κ2) is 3.66. The minimum absolute atomic E-state index is 0.250. The first-order valence-electron chi connectivity index (χ1n) is 3.65. The number of nitroso groups, excluding NO2 is 1. The number of aliphatic hydroxyl groups is 3. The molecule has 7 heteroatoms. The molecule has 1 aliphatic rings. The average molecular weight is 187 g/mol. The Kier molecular flexibility index (Phi) is 2.77. The number of β-amino-alcohol motifs (C(OH)–C–C–N with tert-alkyl or cyclic N) is 1. The van der Waals surface area contributed by atoms with Crippen LogP contribution in [0, 0.1) is 16.2 Å². The van der Waals surface area contributed by atoms with Crippen LogP contribution in [0.3, 0.4) is 0 Å². The highest BCUT2D eigenvalue weighted by molar-refractivity contribution is 5.04. The van der Waals surface area contributed by atoms with Gasteiger partial charge in [-0.1, -0.05) is 0 Å². The van der Waals surface area contributed by atoms with E-state index in [1.165, 1.54) is 0 Å². The Bertz CT molecular complexity index is 241. The van der Waals surface area contributed by atoms with Gasteiger partial charge in [0.25, 0.3) is 0 Å². The summed E-state index contributed by atoms with van der Waals surface area (Å²) in [4.78, 5) is 10.1. The number of hydrogen-bond acceptors (Lipinski definition) is 6. The fourth-order valence-corrected chi connectivity index (χ4v) is 1.23. The molecule has 0 saturated carbocycles. The highest BCUT2D eigenvalue weighted by Crippen LogP contribution is 2.18. The van der Waals surface area contributed by atoms with E-state index in [-0.39, 0.29) is 6.54 Å². The second-order valence-corrected chi connectivity index (χ2v) is 2.83. The van der Waals surface area contributed by atoms with Gasteiger partial charge in [0, 0.05) is 0 Å². The van der Waals surface area contributed by atoms with Gasteiger partial charge in [-0.2, -0.15) is 5.26 Å². The van der Waals surface area contributed by atoms with Crippen molar-refractivity contribution in [2.45, 2.75) is 24.4 Å². The molecule has 13 heavy (non-hydrogen) atoms. The minimum atomic E-state index is -1.48. The van der Waals surface area contributed by atoms with Crippen molar-refractivity contribution in [3.05, 3.63) is 4.91 Å². The van der Waals surface area contributed by atoms with E-state index in [0.29, 0.717) is 5.01 Å². The maximum atomic E-state index is 10.1. The van der Waals surface area contributed by atoms with Gasteiger partial charge in [-0.15, -0.1) is 4.91 Å². The number of aliphatic hydroxyl groups excluding tert-OH is 3. The molecule has 0 bridgehead atoms. The fraction of sp³-hybridized carbons (Fsp3) is 0.833. The zero-order valence-electron chi connectivity index (χ0n) is 6.61. The van der Waals surface area contributed by atoms with Crippen LogP contribution in [0.2, 0.25) is 0 Å². The van der Waals surface area contributed by atoms with Crippen LogP contribution < -0.4 is 0 Å². The summed E-state index contributed by atoms with van der Waals surface area (Å²) in [5.74, 6) is 0. The fourth-order valence-electron chi connectivity index (χ4n) is 1.23. The van der Waals surface area contributed by atoms with Crippen LogP contribution in [0.15, 0.2) is 5.29 Å². The van der Waals surface area contributed by atoms with Crippen molar-refractivity contribution in [2.24, 2.45) is 5.29 Å². The molecule has 72 valence electrons. The summed E-state index contributed by atoms with van der Waals surface area (Å²) in [6.07, 6.45) is -4.16. The topological polar surface area (TPSA) is 117 Å². The monoisotopic (exact) mass is 187 g/mol. The molecule has 4 unspecified atom stereocenters. The third-order valence-electron chi connectivity index (χ3n) is 2.00. The van der Waals surface area contributed by atoms with Crippen LogP contribution in [0.4, 0.5) is 0 Å². The number of nitriles is 1. The molecule has 1 aliphatic heterocycles. The first kappa shape index (κ1) is 9.85. The smallest absolute Gasteiger partial charge is 0.165 e. The van der Waals surface area contributed by atoms with Gasteiger partial charge in [0.1, 0.15) is 18.3 Å². The van der Waals surface area contributed by atoms with Crippen molar-refractivity contribution in [1.29, 1.82) is 5.26 Å². The van der Waals surface area contributed by atoms with E-state index in [4.69, 9.17) is 15.5 Å². The first-order chi connectivity index (χ1) is 6.11. The molecule has 0 aromatic rings. The van der Waals surface area contributed by atoms with Crippen LogP contribution in [-0.4, -0.2) is 51.2 Å². The predicted octanol–water partition coefficient (Wildman–Crippen LogP) is -2.04. The van der Waals surface area contributed by atoms with Gasteiger partial charge in [-0.3, -0.25) is 0 Å². The molecule has 0 aliphatic carbocycles. The van der Waals surface area contributed by atoms with Crippen LogP contribution in [0.25, 0.3) is 0 Å². The number of hydrogen-bond donors (Lipinski definition) is 3. The van der Waals surface area contributed by atoms with Gasteiger partial charge in [-0.25, -0.2) is 5.01 Å². The van der Waals surface area contributed by atoms with Gasteiger partial charge >= 0.3 is 0 Å². The average Bonchev–Trinajstić information content (AvgIpc) is 2.13. The van der Waals surface area contributed by atoms with E-state index in [9.17, 15) is 10.0 Å². The predicted molar refractivity (Wildman–Crippen MR) is 39.9 cm³/mol. The highest BCUT2D eigenvalue weighted by atomic mass is 16.4. The number of piperidine rings is 1. The minimum Gasteiger partial charge on any atom is -0.388 e. The Morgan fingerprint density at radius 2 is 2.00 bits per heavy atom. The van der Waals surface area contributed by atoms with Crippen molar-refractivity contribution in [2.75, 3.05) is 6.54 Å². The Labute approximate surface area is 73.8 Å². The van der Waals surface area contributed by atoms with Gasteiger partial charge in [0.05, 0.1) is 17.9 Å². The maximum absolute atomic E-state index is 10.1. The van der Waals surface area contributed by atoms with Crippen molar-refractivity contribution < 1.29 is 15.3 Å². The highest BCUT2D eigenvalue weighted by Gasteiger charge is 2.42. The quantitative estimate of drug-likeness (QED) is 0.407. The lowest BCUT2D eigenvalue weighted by Gasteiger charge is -2.36. The maximum Gasteiger partial charge on any atom is 0.165 e. The van der Waals surface area contributed by atoms with E-state index >= 15 is 0 Å². The molecule has 0 spiro atoms. The van der Waals surface area contributed by atoms with Crippen LogP contribution in [-0.2, 0) is 0 Å². The largest absolute Gasteiger partial charge is 0.388 e. The summed E-state index contributed by atoms with van der Waals surface area (Å²) in [6, 6.07) is 0.418. The van der Waals surface area contributed by atoms with E-state index in [2.05, 4.69) is 5.29 Å². The Hall–Kier alpha value is -1.23. The van der Waals surface area contributed by atoms with Crippen LogP contribution >= 0.6 is 0 Å². The second-order valence-electron chi connectivity index (χ2n) is 2.83. The van der Waals surface area contributed by atoms with Crippen molar-refractivity contribution in [1.82, 2.24) is 5.01 Å². The molecule has 4 atom stereocenters. The molecule has 1 saturated heterocycles. The van der Waals surface area contributed by atoms with Crippen LogP contribution in [0.1, 0.15) is 0 Å². The lowest BCUT2D eigenvalue weighted by molar-refractivity contribution is -0.125. The standard InChI is InChI=1S/C6H9N3O4/c7-1-3-5(11)6(12)4(10)2-9(3)8-13/h3-6,10-12H,2H2. The summed E-state index contributed by atoms with van der Waals surface area (Å²) in [7, 11) is 0. The number of rotatable bonds is 1. The molecule has 7 nitrogen and oxygen atoms in total. The van der Waals surface area contributed by atoms with Crippen molar-refractivity contribution >= 4 is 0 Å². The van der Waals surface area contributed by atoms with E-state index < -0.39 is 24.4 Å². The van der Waals surface area contributed by atoms with E-state index in [1.54, 1.807) is 6.07 Å². The Morgan fingerprint density at radius 3 is 2.46 bits per heavy atom. The molecular weight excluding hydrogens is 178 g/mol. The lowest BCUT2D eigenvalue weighted by Crippen LogP contribution is -2.58. The van der Waals surface area contributed by atoms with Gasteiger partial charge in [0.15, 0.2) is 6.04 Å². The van der Waals surface area contributed by atoms with Crippen molar-refractivity contribution in [3.8, 4) is 6.07 Å². The molecule has 0 aromatic heterocycles. The van der Waals surface area contributed by atoms with Crippen LogP contribution in [0.5, 0.6) is 0 Å². The SMILES string of the molecule is N#CC1C(O)C(O)C(O)CN1N=O. The molecule has 1 rings (SSSR count). The van der Waals surface area contributed by atoms with E-state index in [0.717, 1.165) is 0 Å². The summed E-state index contributed by atoms with van der Waals surface area (Å²) in [5.41, 5.74) is 0. The Balaban J connectivity index is 2.82. The third kappa shape index (κ3) is 1.60. The first-order valence-corrected chi connectivity index (χ1v) is 3.65. The Morgan fingerprint density at radius 1 is 1.38 bits per heavy atom. The van der Waals surface area contributed by atoms with Gasteiger partial charge in [-0.05, 0) is 0 Å². The number of nitrogens with zero attached hydrogens (tertiary/aromatic N) is 3. The summed E-state index contributed by atoms with van der Waals surface area (Å²) in [6.45, 7) is -0.250. The molecule has 0 radical (unpaired) electrons. The zero-order chi connectivity index (χ0) is 10.0.